The van der Waals surface area contributed by atoms with Crippen molar-refractivity contribution in [1.82, 2.24) is 0 Å². The first-order chi connectivity index (χ1) is 13.9. The van der Waals surface area contributed by atoms with Crippen molar-refractivity contribution < 1.29 is 27.9 Å². The van der Waals surface area contributed by atoms with Crippen LogP contribution in [0.25, 0.3) is 0 Å². The summed E-state index contributed by atoms with van der Waals surface area (Å²) in [5.41, 5.74) is -0.0144. The van der Waals surface area contributed by atoms with Crippen LogP contribution in [0.2, 0.25) is 0 Å². The Hall–Kier alpha value is -3.13. The zero-order chi connectivity index (χ0) is 20.8. The molecule has 150 valence electrons. The molecule has 0 fully saturated rings. The van der Waals surface area contributed by atoms with Gasteiger partial charge < -0.3 is 19.2 Å². The van der Waals surface area contributed by atoms with Crippen LogP contribution in [0, 0.1) is 5.82 Å². The van der Waals surface area contributed by atoms with E-state index in [0.29, 0.717) is 16.0 Å². The second kappa shape index (κ2) is 9.38. The Bertz CT molecular complexity index is 1010. The topological polar surface area (TPSA) is 77.8 Å². The zero-order valence-electron chi connectivity index (χ0n) is 15.4. The van der Waals surface area contributed by atoms with E-state index in [1.165, 1.54) is 25.1 Å². The number of amides is 1. The second-order valence-corrected chi connectivity index (χ2v) is 6.94. The molecule has 0 radical (unpaired) electrons. The summed E-state index contributed by atoms with van der Waals surface area (Å²) in [6.07, 6.45) is -1.15. The summed E-state index contributed by atoms with van der Waals surface area (Å²) in [4.78, 5) is 24.4. The molecule has 0 bridgehead atoms. The fourth-order valence-corrected chi connectivity index (χ4v) is 2.67. The van der Waals surface area contributed by atoms with E-state index in [0.717, 1.165) is 0 Å². The van der Waals surface area contributed by atoms with Crippen LogP contribution in [0.3, 0.4) is 0 Å². The Morgan fingerprint density at radius 3 is 2.62 bits per heavy atom. The average Bonchev–Trinajstić information content (AvgIpc) is 3.18. The average molecular weight is 462 g/mol. The van der Waals surface area contributed by atoms with E-state index in [2.05, 4.69) is 21.2 Å². The molecule has 0 saturated heterocycles. The summed E-state index contributed by atoms with van der Waals surface area (Å²) in [5.74, 6) is -1.06. The number of anilines is 1. The van der Waals surface area contributed by atoms with E-state index < -0.39 is 23.8 Å². The van der Waals surface area contributed by atoms with Crippen LogP contribution in [-0.2, 0) is 16.1 Å². The van der Waals surface area contributed by atoms with E-state index >= 15 is 0 Å². The van der Waals surface area contributed by atoms with Gasteiger partial charge in [0.25, 0.3) is 5.91 Å². The molecule has 0 aliphatic rings. The fraction of sp³-hybridized carbons (Fsp3) is 0.143. The SMILES string of the molecule is CC(OC(=O)c1ccc(COc2ccccc2)o1)C(=O)Nc1ccc(Br)cc1F. The maximum Gasteiger partial charge on any atom is 0.375 e. The highest BCUT2D eigenvalue weighted by Crippen LogP contribution is 2.20. The quantitative estimate of drug-likeness (QED) is 0.503. The van der Waals surface area contributed by atoms with E-state index in [-0.39, 0.29) is 18.1 Å². The van der Waals surface area contributed by atoms with Crippen LogP contribution in [0.1, 0.15) is 23.2 Å². The molecule has 1 N–H and O–H groups in total. The third kappa shape index (κ3) is 5.68. The molecule has 1 aromatic heterocycles. The molecule has 6 nitrogen and oxygen atoms in total. The van der Waals surface area contributed by atoms with Gasteiger partial charge in [-0.15, -0.1) is 0 Å². The van der Waals surface area contributed by atoms with E-state index in [9.17, 15) is 14.0 Å². The van der Waals surface area contributed by atoms with Crippen LogP contribution < -0.4 is 10.1 Å². The first kappa shape index (κ1) is 20.6. The largest absolute Gasteiger partial charge is 0.486 e. The number of para-hydroxylation sites is 1. The molecule has 0 saturated carbocycles. The monoisotopic (exact) mass is 461 g/mol. The molecule has 3 rings (SSSR count). The number of furan rings is 1. The van der Waals surface area contributed by atoms with Crippen molar-refractivity contribution in [3.63, 3.8) is 0 Å². The Morgan fingerprint density at radius 2 is 1.90 bits per heavy atom. The smallest absolute Gasteiger partial charge is 0.375 e. The van der Waals surface area contributed by atoms with Crippen molar-refractivity contribution in [2.24, 2.45) is 0 Å². The highest BCUT2D eigenvalue weighted by Gasteiger charge is 2.22. The molecule has 3 aromatic rings. The Kier molecular flexibility index (Phi) is 6.66. The van der Waals surface area contributed by atoms with Crippen LogP contribution in [0.4, 0.5) is 10.1 Å². The van der Waals surface area contributed by atoms with Gasteiger partial charge in [0.15, 0.2) is 6.10 Å². The van der Waals surface area contributed by atoms with Gasteiger partial charge in [-0.2, -0.15) is 0 Å². The predicted molar refractivity (Wildman–Crippen MR) is 107 cm³/mol. The number of rotatable bonds is 7. The number of benzene rings is 2. The van der Waals surface area contributed by atoms with Crippen molar-refractivity contribution in [2.75, 3.05) is 5.32 Å². The first-order valence-electron chi connectivity index (χ1n) is 8.66. The normalized spacial score (nSPS) is 11.6. The van der Waals surface area contributed by atoms with Gasteiger partial charge in [-0.05, 0) is 49.4 Å². The number of hydrogen-bond donors (Lipinski definition) is 1. The maximum absolute atomic E-state index is 13.8. The maximum atomic E-state index is 13.8. The summed E-state index contributed by atoms with van der Waals surface area (Å²) < 4.78 is 30.4. The molecule has 2 aromatic carbocycles. The highest BCUT2D eigenvalue weighted by molar-refractivity contribution is 9.10. The lowest BCUT2D eigenvalue weighted by molar-refractivity contribution is -0.123. The number of nitrogens with one attached hydrogen (secondary N) is 1. The van der Waals surface area contributed by atoms with Crippen molar-refractivity contribution in [3.05, 3.63) is 82.5 Å². The summed E-state index contributed by atoms with van der Waals surface area (Å²) in [6.45, 7) is 1.52. The Labute approximate surface area is 174 Å². The van der Waals surface area contributed by atoms with Crippen LogP contribution in [-0.4, -0.2) is 18.0 Å². The minimum atomic E-state index is -1.15. The zero-order valence-corrected chi connectivity index (χ0v) is 16.9. The van der Waals surface area contributed by atoms with E-state index in [1.54, 1.807) is 24.3 Å². The van der Waals surface area contributed by atoms with Crippen molar-refractivity contribution in [1.29, 1.82) is 0 Å². The van der Waals surface area contributed by atoms with Gasteiger partial charge in [0.2, 0.25) is 5.76 Å². The van der Waals surface area contributed by atoms with Gasteiger partial charge >= 0.3 is 5.97 Å². The molecule has 0 aliphatic carbocycles. The van der Waals surface area contributed by atoms with Crippen molar-refractivity contribution in [3.8, 4) is 5.75 Å². The molecular formula is C21H17BrFNO5. The van der Waals surface area contributed by atoms with Crippen LogP contribution in [0.5, 0.6) is 5.75 Å². The first-order valence-corrected chi connectivity index (χ1v) is 9.45. The fourth-order valence-electron chi connectivity index (χ4n) is 2.33. The minimum absolute atomic E-state index is 0.0144. The third-order valence-electron chi connectivity index (χ3n) is 3.83. The summed E-state index contributed by atoms with van der Waals surface area (Å²) in [5, 5.41) is 2.38. The molecule has 0 spiro atoms. The third-order valence-corrected chi connectivity index (χ3v) is 4.32. The van der Waals surface area contributed by atoms with Gasteiger partial charge in [0.1, 0.15) is 23.9 Å². The van der Waals surface area contributed by atoms with Gasteiger partial charge in [-0.1, -0.05) is 34.1 Å². The molecule has 0 aliphatic heterocycles. The van der Waals surface area contributed by atoms with Gasteiger partial charge in [0, 0.05) is 4.47 Å². The number of carbonyl (C=O) groups is 2. The molecular weight excluding hydrogens is 445 g/mol. The summed E-state index contributed by atoms with van der Waals surface area (Å²) in [7, 11) is 0. The van der Waals surface area contributed by atoms with Gasteiger partial charge in [-0.3, -0.25) is 4.79 Å². The second-order valence-electron chi connectivity index (χ2n) is 6.03. The number of carbonyl (C=O) groups excluding carboxylic acids is 2. The molecule has 1 amide bonds. The van der Waals surface area contributed by atoms with Crippen LogP contribution >= 0.6 is 15.9 Å². The predicted octanol–water partition coefficient (Wildman–Crippen LogP) is 4.94. The number of esters is 1. The Morgan fingerprint density at radius 1 is 1.14 bits per heavy atom. The lowest BCUT2D eigenvalue weighted by Gasteiger charge is -2.13. The minimum Gasteiger partial charge on any atom is -0.486 e. The molecule has 8 heteroatoms. The molecule has 1 unspecified atom stereocenters. The molecule has 29 heavy (non-hydrogen) atoms. The van der Waals surface area contributed by atoms with Crippen molar-refractivity contribution >= 4 is 33.5 Å². The molecule has 1 heterocycles. The number of hydrogen-bond acceptors (Lipinski definition) is 5. The van der Waals surface area contributed by atoms with E-state index in [1.807, 2.05) is 18.2 Å². The van der Waals surface area contributed by atoms with Gasteiger partial charge in [-0.25, -0.2) is 9.18 Å². The van der Waals surface area contributed by atoms with Crippen molar-refractivity contribution in [2.45, 2.75) is 19.6 Å². The summed E-state index contributed by atoms with van der Waals surface area (Å²) >= 11 is 3.13. The number of halogens is 2. The highest BCUT2D eigenvalue weighted by atomic mass is 79.9. The molecule has 1 atom stereocenters. The Balaban J connectivity index is 1.54. The van der Waals surface area contributed by atoms with Crippen LogP contribution in [0.15, 0.2) is 69.6 Å². The van der Waals surface area contributed by atoms with Gasteiger partial charge in [0.05, 0.1) is 5.69 Å². The lowest BCUT2D eigenvalue weighted by atomic mass is 10.3. The number of ether oxygens (including phenoxy) is 2. The standard InChI is InChI=1S/C21H17BrFNO5/c1-13(20(25)24-18-9-7-14(22)11-17(18)23)28-21(26)19-10-8-16(29-19)12-27-15-5-3-2-4-6-15/h2-11,13H,12H2,1H3,(H,24,25). The summed E-state index contributed by atoms with van der Waals surface area (Å²) in [6, 6.07) is 16.4. The lowest BCUT2D eigenvalue weighted by Crippen LogP contribution is -2.30. The van der Waals surface area contributed by atoms with E-state index in [4.69, 9.17) is 13.9 Å².